The lowest BCUT2D eigenvalue weighted by atomic mass is 9.63. The second-order valence-corrected chi connectivity index (χ2v) is 8.88. The van der Waals surface area contributed by atoms with Crippen molar-refractivity contribution < 1.29 is 4.74 Å². The highest BCUT2D eigenvalue weighted by Gasteiger charge is 2.38. The Morgan fingerprint density at radius 3 is 2.00 bits per heavy atom. The average molecular weight is 284 g/mol. The molecule has 120 valence electrons. The summed E-state index contributed by atoms with van der Waals surface area (Å²) < 4.78 is 5.97. The van der Waals surface area contributed by atoms with E-state index in [4.69, 9.17) is 4.74 Å². The van der Waals surface area contributed by atoms with E-state index in [0.717, 1.165) is 19.1 Å². The SMILES string of the molecule is CNCC1(CCOC(C)(C)C)CCC(C(C)(C)C)CC1. The van der Waals surface area contributed by atoms with Crippen LogP contribution in [0.4, 0.5) is 0 Å². The lowest BCUT2D eigenvalue weighted by Crippen LogP contribution is -2.40. The van der Waals surface area contributed by atoms with E-state index < -0.39 is 0 Å². The number of hydrogen-bond donors (Lipinski definition) is 1. The van der Waals surface area contributed by atoms with E-state index in [1.54, 1.807) is 0 Å². The van der Waals surface area contributed by atoms with Crippen LogP contribution in [0.15, 0.2) is 0 Å². The van der Waals surface area contributed by atoms with Gasteiger partial charge in [-0.25, -0.2) is 0 Å². The van der Waals surface area contributed by atoms with Crippen molar-refractivity contribution in [3.05, 3.63) is 0 Å². The number of hydrogen-bond acceptors (Lipinski definition) is 2. The van der Waals surface area contributed by atoms with E-state index in [1.165, 1.54) is 32.1 Å². The van der Waals surface area contributed by atoms with Crippen LogP contribution in [0.25, 0.3) is 0 Å². The molecule has 0 bridgehead atoms. The fourth-order valence-electron chi connectivity index (χ4n) is 3.56. The van der Waals surface area contributed by atoms with Gasteiger partial charge in [0.15, 0.2) is 0 Å². The van der Waals surface area contributed by atoms with Crippen LogP contribution in [0.1, 0.15) is 73.6 Å². The normalized spacial score (nSPS) is 28.6. The van der Waals surface area contributed by atoms with Gasteiger partial charge in [0.1, 0.15) is 0 Å². The molecule has 20 heavy (non-hydrogen) atoms. The Morgan fingerprint density at radius 1 is 1.05 bits per heavy atom. The standard InChI is InChI=1S/C18H37NO/c1-16(2,3)15-8-10-18(11-9-15,14-19-7)12-13-20-17(4,5)6/h15,19H,8-14H2,1-7H3. The van der Waals surface area contributed by atoms with E-state index in [2.05, 4.69) is 53.9 Å². The van der Waals surface area contributed by atoms with Crippen LogP contribution in [0.3, 0.4) is 0 Å². The summed E-state index contributed by atoms with van der Waals surface area (Å²) in [6, 6.07) is 0. The molecule has 0 saturated heterocycles. The zero-order valence-corrected chi connectivity index (χ0v) is 14.9. The minimum absolute atomic E-state index is 0.0105. The first-order valence-electron chi connectivity index (χ1n) is 8.37. The summed E-state index contributed by atoms with van der Waals surface area (Å²) >= 11 is 0. The lowest BCUT2D eigenvalue weighted by Gasteiger charge is -2.44. The molecule has 1 aliphatic rings. The molecule has 0 atom stereocenters. The average Bonchev–Trinajstić information content (AvgIpc) is 2.27. The minimum atomic E-state index is -0.0105. The van der Waals surface area contributed by atoms with Crippen molar-refractivity contribution in [3.63, 3.8) is 0 Å². The molecule has 0 aliphatic heterocycles. The molecule has 2 heteroatoms. The highest BCUT2D eigenvalue weighted by atomic mass is 16.5. The second kappa shape index (κ2) is 6.79. The fourth-order valence-corrected chi connectivity index (χ4v) is 3.56. The lowest BCUT2D eigenvalue weighted by molar-refractivity contribution is -0.0287. The maximum Gasteiger partial charge on any atom is 0.0598 e. The van der Waals surface area contributed by atoms with E-state index in [0.29, 0.717) is 10.8 Å². The minimum Gasteiger partial charge on any atom is -0.376 e. The zero-order valence-electron chi connectivity index (χ0n) is 14.9. The Morgan fingerprint density at radius 2 is 1.60 bits per heavy atom. The van der Waals surface area contributed by atoms with E-state index in [-0.39, 0.29) is 5.60 Å². The van der Waals surface area contributed by atoms with Gasteiger partial charge in [0, 0.05) is 13.2 Å². The third kappa shape index (κ3) is 5.73. The summed E-state index contributed by atoms with van der Waals surface area (Å²) in [5.41, 5.74) is 0.916. The third-order valence-corrected chi connectivity index (χ3v) is 4.99. The third-order valence-electron chi connectivity index (χ3n) is 4.99. The van der Waals surface area contributed by atoms with Crippen molar-refractivity contribution in [2.75, 3.05) is 20.2 Å². The van der Waals surface area contributed by atoms with Crippen molar-refractivity contribution >= 4 is 0 Å². The van der Waals surface area contributed by atoms with Crippen LogP contribution in [-0.2, 0) is 4.74 Å². The molecule has 1 fully saturated rings. The first kappa shape index (κ1) is 18.0. The molecule has 0 aromatic heterocycles. The Labute approximate surface area is 127 Å². The van der Waals surface area contributed by atoms with Crippen molar-refractivity contribution in [2.45, 2.75) is 79.2 Å². The summed E-state index contributed by atoms with van der Waals surface area (Å²) in [5, 5.41) is 3.42. The highest BCUT2D eigenvalue weighted by Crippen LogP contribution is 2.46. The molecule has 2 nitrogen and oxygen atoms in total. The van der Waals surface area contributed by atoms with Gasteiger partial charge in [0.05, 0.1) is 5.60 Å². The number of rotatable bonds is 5. The summed E-state index contributed by atoms with van der Waals surface area (Å²) in [4.78, 5) is 0. The molecule has 1 N–H and O–H groups in total. The first-order valence-corrected chi connectivity index (χ1v) is 8.37. The molecule has 1 rings (SSSR count). The van der Waals surface area contributed by atoms with Gasteiger partial charge in [-0.05, 0) is 76.7 Å². The van der Waals surface area contributed by atoms with Gasteiger partial charge < -0.3 is 10.1 Å². The largest absolute Gasteiger partial charge is 0.376 e. The molecule has 0 spiro atoms. The highest BCUT2D eigenvalue weighted by molar-refractivity contribution is 4.90. The Hall–Kier alpha value is -0.0800. The predicted octanol–water partition coefficient (Wildman–Crippen LogP) is 4.63. The van der Waals surface area contributed by atoms with Gasteiger partial charge in [-0.1, -0.05) is 20.8 Å². The zero-order chi connectivity index (χ0) is 15.4. The maximum atomic E-state index is 5.97. The van der Waals surface area contributed by atoms with Gasteiger partial charge in [-0.2, -0.15) is 0 Å². The molecule has 0 aromatic carbocycles. The van der Waals surface area contributed by atoms with Crippen LogP contribution in [0.2, 0.25) is 0 Å². The van der Waals surface area contributed by atoms with Crippen LogP contribution in [0, 0.1) is 16.7 Å². The van der Waals surface area contributed by atoms with E-state index >= 15 is 0 Å². The van der Waals surface area contributed by atoms with Crippen LogP contribution < -0.4 is 5.32 Å². The van der Waals surface area contributed by atoms with Crippen molar-refractivity contribution in [3.8, 4) is 0 Å². The van der Waals surface area contributed by atoms with Gasteiger partial charge in [0.2, 0.25) is 0 Å². The monoisotopic (exact) mass is 283 g/mol. The molecule has 0 unspecified atom stereocenters. The molecule has 0 amide bonds. The van der Waals surface area contributed by atoms with Gasteiger partial charge in [-0.3, -0.25) is 0 Å². The van der Waals surface area contributed by atoms with Gasteiger partial charge in [0.25, 0.3) is 0 Å². The summed E-state index contributed by atoms with van der Waals surface area (Å²) in [6.07, 6.45) is 6.65. The summed E-state index contributed by atoms with van der Waals surface area (Å²) in [7, 11) is 2.09. The molecule has 0 radical (unpaired) electrons. The van der Waals surface area contributed by atoms with Crippen molar-refractivity contribution in [1.29, 1.82) is 0 Å². The predicted molar refractivity (Wildman–Crippen MR) is 88.1 cm³/mol. The molecule has 1 saturated carbocycles. The Bertz CT molecular complexity index is 271. The van der Waals surface area contributed by atoms with Gasteiger partial charge >= 0.3 is 0 Å². The molecular formula is C18H37NO. The van der Waals surface area contributed by atoms with Crippen molar-refractivity contribution in [2.24, 2.45) is 16.7 Å². The Balaban J connectivity index is 2.53. The van der Waals surface area contributed by atoms with E-state index in [9.17, 15) is 0 Å². The van der Waals surface area contributed by atoms with Crippen LogP contribution in [0.5, 0.6) is 0 Å². The topological polar surface area (TPSA) is 21.3 Å². The van der Waals surface area contributed by atoms with Crippen molar-refractivity contribution in [1.82, 2.24) is 5.32 Å². The fraction of sp³-hybridized carbons (Fsp3) is 1.00. The summed E-state index contributed by atoms with van der Waals surface area (Å²) in [5.74, 6) is 0.885. The van der Waals surface area contributed by atoms with Crippen LogP contribution >= 0.6 is 0 Å². The smallest absolute Gasteiger partial charge is 0.0598 e. The summed E-state index contributed by atoms with van der Waals surface area (Å²) in [6.45, 7) is 15.7. The van der Waals surface area contributed by atoms with Gasteiger partial charge in [-0.15, -0.1) is 0 Å². The second-order valence-electron chi connectivity index (χ2n) is 8.88. The Kier molecular flexibility index (Phi) is 6.10. The molecule has 1 aliphatic carbocycles. The van der Waals surface area contributed by atoms with Crippen LogP contribution in [-0.4, -0.2) is 25.8 Å². The number of ether oxygens (including phenoxy) is 1. The van der Waals surface area contributed by atoms with E-state index in [1.807, 2.05) is 0 Å². The molecular weight excluding hydrogens is 246 g/mol. The first-order chi connectivity index (χ1) is 9.08. The molecule has 0 heterocycles. The quantitative estimate of drug-likeness (QED) is 0.794. The molecule has 0 aromatic rings. The number of nitrogens with one attached hydrogen (secondary N) is 1. The maximum absolute atomic E-state index is 5.97.